The zero-order chi connectivity index (χ0) is 21.9. The minimum absolute atomic E-state index is 0. The van der Waals surface area contributed by atoms with Crippen LogP contribution < -0.4 is 0 Å². The monoisotopic (exact) mass is 676 g/mol. The van der Waals surface area contributed by atoms with Crippen LogP contribution in [0.3, 0.4) is 0 Å². The molecule has 0 amide bonds. The molecule has 0 saturated carbocycles. The molecule has 25 heteroatoms. The van der Waals surface area contributed by atoms with E-state index in [1.165, 1.54) is 26.0 Å². The quantitative estimate of drug-likeness (QED) is 0.0967. The van der Waals surface area contributed by atoms with Crippen molar-refractivity contribution in [2.24, 2.45) is 0 Å². The molecule has 22 nitrogen and oxygen atoms in total. The molecule has 0 atom stereocenters. The fourth-order valence-electron chi connectivity index (χ4n) is 1.94. The van der Waals surface area contributed by atoms with E-state index in [9.17, 15) is 46.2 Å². The summed E-state index contributed by atoms with van der Waals surface area (Å²) >= 11 is 0. The van der Waals surface area contributed by atoms with Gasteiger partial charge in [-0.2, -0.15) is 0 Å². The van der Waals surface area contributed by atoms with Crippen molar-refractivity contribution >= 4 is 31.6 Å². The van der Waals surface area contributed by atoms with Gasteiger partial charge in [0.25, 0.3) is 11.4 Å². The summed E-state index contributed by atoms with van der Waals surface area (Å²) in [6.07, 6.45) is 0. The van der Waals surface area contributed by atoms with Gasteiger partial charge in [-0.1, -0.05) is 12.1 Å². The molecule has 0 bridgehead atoms. The smallest absolute Gasteiger partial charge is 0.744 e. The van der Waals surface area contributed by atoms with Crippen molar-refractivity contribution in [1.82, 2.24) is 0 Å². The fourth-order valence-corrected chi connectivity index (χ4v) is 3.40. The number of benzene rings is 2. The second-order valence-electron chi connectivity index (χ2n) is 5.32. The van der Waals surface area contributed by atoms with Gasteiger partial charge in [-0.3, -0.25) is 20.2 Å². The number of rotatable bonds is 4. The number of non-ortho nitro benzene ring substituents is 2. The van der Waals surface area contributed by atoms with Crippen LogP contribution in [0.5, 0.6) is 0 Å². The van der Waals surface area contributed by atoms with Crippen LogP contribution in [0.4, 0.5) is 11.4 Å². The van der Waals surface area contributed by atoms with Crippen molar-refractivity contribution in [2.75, 3.05) is 0 Å². The Morgan fingerprint density at radius 3 is 0.923 bits per heavy atom. The van der Waals surface area contributed by atoms with Gasteiger partial charge in [0.05, 0.1) is 19.6 Å². The van der Waals surface area contributed by atoms with Gasteiger partial charge in [-0.25, -0.2) is 16.8 Å². The Morgan fingerprint density at radius 1 is 0.564 bits per heavy atom. The van der Waals surface area contributed by atoms with Crippen LogP contribution in [0, 0.1) is 34.1 Å². The molecule has 2 rings (SSSR count). The first-order chi connectivity index (χ1) is 12.6. The van der Waals surface area contributed by atoms with E-state index in [0.717, 1.165) is 24.3 Å². The van der Waals surface area contributed by atoms with Gasteiger partial charge < -0.3 is 63.9 Å². The van der Waals surface area contributed by atoms with E-state index in [1.54, 1.807) is 0 Å². The van der Waals surface area contributed by atoms with E-state index in [4.69, 9.17) is 0 Å². The zero-order valence-electron chi connectivity index (χ0n) is 20.0. The summed E-state index contributed by atoms with van der Waals surface area (Å²) < 4.78 is 63.9. The summed E-state index contributed by atoms with van der Waals surface area (Å²) in [6, 6.07) is 6.26. The predicted molar refractivity (Wildman–Crippen MR) is 135 cm³/mol. The molecular formula is C14H38N2NiO20S2+6. The standard InChI is InChI=1S/2C7H7NO5S.Ni.10H2O/c2*1-5-2-3-6(8(9)10)4-7(5)14(11,12)13;;;;;;;;;;;/h2*2-4H,1H3,(H,11,12,13);;10*1H2/q;;+2;;;;;;;;;;/p+4. The molecule has 0 saturated heterocycles. The number of nitro groups is 2. The maximum atomic E-state index is 10.7. The summed E-state index contributed by atoms with van der Waals surface area (Å²) in [4.78, 5) is 18.0. The largest absolute Gasteiger partial charge is 2.00 e. The van der Waals surface area contributed by atoms with Crippen LogP contribution in [-0.2, 0) is 69.6 Å². The van der Waals surface area contributed by atoms with Crippen molar-refractivity contribution in [3.63, 3.8) is 0 Å². The first-order valence-electron chi connectivity index (χ1n) is 7.06. The Balaban J connectivity index is -0.0000000348. The summed E-state index contributed by atoms with van der Waals surface area (Å²) in [6.45, 7) is 2.79. The molecule has 0 radical (unpaired) electrons. The van der Waals surface area contributed by atoms with E-state index in [-0.39, 0.29) is 82.4 Å². The molecule has 39 heavy (non-hydrogen) atoms. The SMILES string of the molecule is Cc1ccc([N+](=O)[O-])cc1S(=O)(=O)[O-].Cc1ccc([N+](=O)[O-])cc1S(=O)(=O)[O-].O.O.O.O.[Ni+2].[OH3+].[OH3+].[OH3+].[OH3+].[OH3+].[OH3+]. The van der Waals surface area contributed by atoms with Crippen LogP contribution in [0.1, 0.15) is 11.1 Å². The normalized spacial score (nSPS) is 8.10. The Hall–Kier alpha value is -2.85. The van der Waals surface area contributed by atoms with Crippen LogP contribution in [0.15, 0.2) is 46.2 Å². The second kappa shape index (κ2) is 26.7. The molecule has 0 unspecified atom stereocenters. The van der Waals surface area contributed by atoms with E-state index in [2.05, 4.69) is 0 Å². The molecule has 2 aromatic rings. The van der Waals surface area contributed by atoms with Gasteiger partial charge in [0.15, 0.2) is 0 Å². The van der Waals surface area contributed by atoms with E-state index in [0.29, 0.717) is 0 Å². The van der Waals surface area contributed by atoms with Gasteiger partial charge >= 0.3 is 16.5 Å². The Bertz CT molecular complexity index is 1070. The van der Waals surface area contributed by atoms with Crippen LogP contribution in [0.2, 0.25) is 0 Å². The molecule has 0 aliphatic rings. The molecule has 0 aromatic heterocycles. The van der Waals surface area contributed by atoms with Crippen LogP contribution in [-0.4, -0.2) is 57.7 Å². The molecule has 0 spiro atoms. The third kappa shape index (κ3) is 20.7. The van der Waals surface area contributed by atoms with Crippen molar-refractivity contribution in [3.05, 3.63) is 67.8 Å². The summed E-state index contributed by atoms with van der Waals surface area (Å²) in [5.74, 6) is 0. The predicted octanol–water partition coefficient (Wildman–Crippen LogP) is -7.22. The minimum Gasteiger partial charge on any atom is -0.744 e. The Labute approximate surface area is 230 Å². The number of nitrogens with zero attached hydrogens (tertiary/aromatic N) is 2. The van der Waals surface area contributed by atoms with E-state index >= 15 is 0 Å². The Morgan fingerprint density at radius 2 is 0.769 bits per heavy atom. The van der Waals surface area contributed by atoms with Crippen molar-refractivity contribution in [1.29, 1.82) is 0 Å². The third-order valence-corrected chi connectivity index (χ3v) is 5.26. The molecule has 0 aliphatic carbocycles. The van der Waals surface area contributed by atoms with E-state index < -0.39 is 51.2 Å². The number of aryl methyl sites for hydroxylation is 2. The molecule has 26 N–H and O–H groups in total. The van der Waals surface area contributed by atoms with Gasteiger partial charge in [-0.05, 0) is 25.0 Å². The average molecular weight is 677 g/mol. The molecule has 2 aromatic carbocycles. The third-order valence-electron chi connectivity index (χ3n) is 3.30. The van der Waals surface area contributed by atoms with Crippen molar-refractivity contribution in [3.8, 4) is 0 Å². The first-order valence-corrected chi connectivity index (χ1v) is 9.88. The summed E-state index contributed by atoms with van der Waals surface area (Å²) in [7, 11) is -9.29. The summed E-state index contributed by atoms with van der Waals surface area (Å²) in [5, 5.41) is 20.6. The van der Waals surface area contributed by atoms with Gasteiger partial charge in [0, 0.05) is 24.3 Å². The maximum Gasteiger partial charge on any atom is 2.00 e. The average Bonchev–Trinajstić information content (AvgIpc) is 2.53. The molecule has 240 valence electrons. The number of hydrogen-bond donors (Lipinski definition) is 0. The maximum absolute atomic E-state index is 10.7. The molecular weight excluding hydrogens is 639 g/mol. The van der Waals surface area contributed by atoms with Gasteiger partial charge in [0.1, 0.15) is 20.2 Å². The number of hydrogen-bond acceptors (Lipinski definition) is 10. The topological polar surface area (TPSA) is 525 Å². The fraction of sp³-hybridized carbons (Fsp3) is 0.143. The van der Waals surface area contributed by atoms with Crippen LogP contribution >= 0.6 is 0 Å². The van der Waals surface area contributed by atoms with Crippen molar-refractivity contribution < 1.29 is 107 Å². The molecule has 0 aliphatic heterocycles. The van der Waals surface area contributed by atoms with E-state index in [1.807, 2.05) is 0 Å². The zero-order valence-corrected chi connectivity index (χ0v) is 22.7. The second-order valence-corrected chi connectivity index (χ2v) is 8.02. The Kier molecular flexibility index (Phi) is 48.4. The van der Waals surface area contributed by atoms with Crippen LogP contribution in [0.25, 0.3) is 0 Å². The molecule has 0 fully saturated rings. The number of nitro benzene ring substituents is 2. The van der Waals surface area contributed by atoms with Crippen molar-refractivity contribution in [2.45, 2.75) is 23.6 Å². The summed E-state index contributed by atoms with van der Waals surface area (Å²) in [5.41, 5.74) is -0.425. The first kappa shape index (κ1) is 70.6. The van der Waals surface area contributed by atoms with Gasteiger partial charge in [0.2, 0.25) is 0 Å². The minimum atomic E-state index is -4.64. The molecule has 0 heterocycles. The van der Waals surface area contributed by atoms with Gasteiger partial charge in [-0.15, -0.1) is 0 Å².